The van der Waals surface area contributed by atoms with Crippen LogP contribution in [0.15, 0.2) is 78.9 Å². The molecule has 0 bridgehead atoms. The molecule has 0 spiro atoms. The summed E-state index contributed by atoms with van der Waals surface area (Å²) in [4.78, 5) is 10.9. The Hall–Kier alpha value is -3.11. The van der Waals surface area contributed by atoms with Gasteiger partial charge in [0.1, 0.15) is 0 Å². The summed E-state index contributed by atoms with van der Waals surface area (Å²) in [6.07, 6.45) is 5.38. The van der Waals surface area contributed by atoms with Gasteiger partial charge in [-0.1, -0.05) is 60.2 Å². The molecular weight excluding hydrogens is 384 g/mol. The van der Waals surface area contributed by atoms with Gasteiger partial charge >= 0.3 is 0 Å². The second-order valence-corrected chi connectivity index (χ2v) is 8.01. The number of non-ortho nitro benzene ring substituents is 1. The number of fused-ring (bicyclic) bond motifs is 3. The molecule has 3 aromatic rings. The lowest BCUT2D eigenvalue weighted by Gasteiger charge is -2.38. The standard InChI is InChI=1S/C24H19ClN2O2/c25-22-11-10-17(27(28)29)14-21(22)24-19-8-4-7-18(19)20-13-16(9-12-23(20)26-24)15-5-2-1-3-6-15/h1-7,9-14,18-19,24,26H,8H2/t18-,19+,24-/m1/s1. The molecule has 0 aromatic heterocycles. The van der Waals surface area contributed by atoms with Crippen molar-refractivity contribution in [3.63, 3.8) is 0 Å². The van der Waals surface area contributed by atoms with Gasteiger partial charge in [-0.2, -0.15) is 0 Å². The smallest absolute Gasteiger partial charge is 0.269 e. The molecule has 4 nitrogen and oxygen atoms in total. The summed E-state index contributed by atoms with van der Waals surface area (Å²) in [6.45, 7) is 0. The van der Waals surface area contributed by atoms with Crippen molar-refractivity contribution in [1.29, 1.82) is 0 Å². The Balaban J connectivity index is 1.58. The molecular formula is C24H19ClN2O2. The van der Waals surface area contributed by atoms with E-state index in [-0.39, 0.29) is 28.5 Å². The van der Waals surface area contributed by atoms with Gasteiger partial charge < -0.3 is 5.32 Å². The Labute approximate surface area is 174 Å². The van der Waals surface area contributed by atoms with Crippen molar-refractivity contribution in [2.75, 3.05) is 5.32 Å². The zero-order chi connectivity index (χ0) is 20.0. The Kier molecular flexibility index (Phi) is 4.36. The molecule has 144 valence electrons. The summed E-state index contributed by atoms with van der Waals surface area (Å²) in [7, 11) is 0. The summed E-state index contributed by atoms with van der Waals surface area (Å²) in [5.41, 5.74) is 5.57. The van der Waals surface area contributed by atoms with Crippen molar-refractivity contribution in [2.24, 2.45) is 5.92 Å². The first-order valence-electron chi connectivity index (χ1n) is 9.68. The van der Waals surface area contributed by atoms with Crippen LogP contribution in [0.5, 0.6) is 0 Å². The van der Waals surface area contributed by atoms with Crippen LogP contribution in [0.4, 0.5) is 11.4 Å². The number of hydrogen-bond acceptors (Lipinski definition) is 3. The predicted molar refractivity (Wildman–Crippen MR) is 116 cm³/mol. The van der Waals surface area contributed by atoms with E-state index < -0.39 is 0 Å². The average Bonchev–Trinajstić information content (AvgIpc) is 3.24. The number of nitro groups is 1. The van der Waals surface area contributed by atoms with E-state index >= 15 is 0 Å². The highest BCUT2D eigenvalue weighted by atomic mass is 35.5. The third-order valence-electron chi connectivity index (χ3n) is 6.00. The van der Waals surface area contributed by atoms with Gasteiger partial charge in [0, 0.05) is 34.3 Å². The lowest BCUT2D eigenvalue weighted by atomic mass is 9.76. The van der Waals surface area contributed by atoms with Crippen LogP contribution >= 0.6 is 11.6 Å². The van der Waals surface area contributed by atoms with E-state index in [1.54, 1.807) is 12.1 Å². The van der Waals surface area contributed by atoms with Crippen molar-refractivity contribution in [3.05, 3.63) is 105 Å². The van der Waals surface area contributed by atoms with Crippen molar-refractivity contribution >= 4 is 23.0 Å². The molecule has 3 atom stereocenters. The summed E-state index contributed by atoms with van der Waals surface area (Å²) in [6, 6.07) is 21.5. The number of rotatable bonds is 3. The Morgan fingerprint density at radius 1 is 0.966 bits per heavy atom. The minimum atomic E-state index is -0.368. The van der Waals surface area contributed by atoms with Crippen molar-refractivity contribution in [1.82, 2.24) is 0 Å². The predicted octanol–water partition coefficient (Wildman–Crippen LogP) is 6.74. The Bertz CT molecular complexity index is 1130. The zero-order valence-electron chi connectivity index (χ0n) is 15.6. The highest BCUT2D eigenvalue weighted by Crippen LogP contribution is 2.51. The molecule has 0 unspecified atom stereocenters. The van der Waals surface area contributed by atoms with Gasteiger partial charge in [-0.25, -0.2) is 0 Å². The quantitative estimate of drug-likeness (QED) is 0.300. The molecule has 5 rings (SSSR count). The number of hydrogen-bond donors (Lipinski definition) is 1. The maximum absolute atomic E-state index is 11.3. The van der Waals surface area contributed by atoms with Gasteiger partial charge in [0.15, 0.2) is 0 Å². The normalized spacial score (nSPS) is 21.9. The third kappa shape index (κ3) is 3.10. The molecule has 1 aliphatic carbocycles. The van der Waals surface area contributed by atoms with Crippen molar-refractivity contribution < 1.29 is 4.92 Å². The molecule has 2 aliphatic rings. The Morgan fingerprint density at radius 2 is 1.79 bits per heavy atom. The maximum Gasteiger partial charge on any atom is 0.269 e. The van der Waals surface area contributed by atoms with E-state index in [1.165, 1.54) is 22.8 Å². The van der Waals surface area contributed by atoms with Gasteiger partial charge in [-0.3, -0.25) is 10.1 Å². The summed E-state index contributed by atoms with van der Waals surface area (Å²) < 4.78 is 0. The molecule has 0 saturated heterocycles. The lowest BCUT2D eigenvalue weighted by Crippen LogP contribution is -2.29. The number of benzene rings is 3. The van der Waals surface area contributed by atoms with Crippen LogP contribution in [0, 0.1) is 16.0 Å². The third-order valence-corrected chi connectivity index (χ3v) is 6.34. The minimum absolute atomic E-state index is 0.0685. The molecule has 3 aromatic carbocycles. The van der Waals surface area contributed by atoms with Crippen LogP contribution in [0.2, 0.25) is 5.02 Å². The SMILES string of the molecule is O=[N+]([O-])c1ccc(Cl)c([C@@H]2Nc3ccc(-c4ccccc4)cc3[C@@H]3C=CC[C@@H]32)c1. The first-order valence-corrected chi connectivity index (χ1v) is 10.1. The van der Waals surface area contributed by atoms with E-state index in [1.807, 2.05) is 18.2 Å². The zero-order valence-corrected chi connectivity index (χ0v) is 16.3. The second-order valence-electron chi connectivity index (χ2n) is 7.61. The second kappa shape index (κ2) is 7.05. The van der Waals surface area contributed by atoms with E-state index in [4.69, 9.17) is 11.6 Å². The van der Waals surface area contributed by atoms with Crippen LogP contribution in [-0.2, 0) is 0 Å². The molecule has 1 N–H and O–H groups in total. The number of allylic oxidation sites excluding steroid dienone is 2. The largest absolute Gasteiger partial charge is 0.378 e. The fraction of sp³-hybridized carbons (Fsp3) is 0.167. The van der Waals surface area contributed by atoms with E-state index in [9.17, 15) is 10.1 Å². The molecule has 5 heteroatoms. The first kappa shape index (κ1) is 18.0. The van der Waals surface area contributed by atoms with Gasteiger partial charge in [-0.05, 0) is 47.2 Å². The molecule has 0 saturated carbocycles. The van der Waals surface area contributed by atoms with Gasteiger partial charge in [0.2, 0.25) is 0 Å². The molecule has 0 amide bonds. The summed E-state index contributed by atoms with van der Waals surface area (Å²) in [5.74, 6) is 0.531. The molecule has 1 heterocycles. The summed E-state index contributed by atoms with van der Waals surface area (Å²) in [5, 5.41) is 15.5. The maximum atomic E-state index is 11.3. The van der Waals surface area contributed by atoms with Gasteiger partial charge in [0.25, 0.3) is 5.69 Å². The van der Waals surface area contributed by atoms with Crippen molar-refractivity contribution in [3.8, 4) is 11.1 Å². The van der Waals surface area contributed by atoms with Gasteiger partial charge in [0.05, 0.1) is 11.0 Å². The number of nitrogens with zero attached hydrogens (tertiary/aromatic N) is 1. The van der Waals surface area contributed by atoms with Crippen molar-refractivity contribution in [2.45, 2.75) is 18.4 Å². The highest BCUT2D eigenvalue weighted by Gasteiger charge is 2.39. The topological polar surface area (TPSA) is 55.2 Å². The van der Waals surface area contributed by atoms with E-state index in [0.717, 1.165) is 17.7 Å². The van der Waals surface area contributed by atoms with E-state index in [2.05, 4.69) is 47.8 Å². The lowest BCUT2D eigenvalue weighted by molar-refractivity contribution is -0.384. The molecule has 1 aliphatic heterocycles. The molecule has 0 radical (unpaired) electrons. The van der Waals surface area contributed by atoms with Crippen LogP contribution in [-0.4, -0.2) is 4.92 Å². The Morgan fingerprint density at radius 3 is 2.59 bits per heavy atom. The van der Waals surface area contributed by atoms with Crippen LogP contribution in [0.25, 0.3) is 11.1 Å². The average molecular weight is 403 g/mol. The number of nitro benzene ring substituents is 1. The molecule has 29 heavy (non-hydrogen) atoms. The van der Waals surface area contributed by atoms with Crippen LogP contribution in [0.3, 0.4) is 0 Å². The molecule has 0 fully saturated rings. The highest BCUT2D eigenvalue weighted by molar-refractivity contribution is 6.31. The fourth-order valence-corrected chi connectivity index (χ4v) is 4.83. The number of nitrogens with one attached hydrogen (secondary N) is 1. The summed E-state index contributed by atoms with van der Waals surface area (Å²) >= 11 is 6.47. The number of halogens is 1. The minimum Gasteiger partial charge on any atom is -0.378 e. The van der Waals surface area contributed by atoms with E-state index in [0.29, 0.717) is 5.02 Å². The van der Waals surface area contributed by atoms with Crippen LogP contribution < -0.4 is 5.32 Å². The van der Waals surface area contributed by atoms with Crippen LogP contribution in [0.1, 0.15) is 29.5 Å². The monoisotopic (exact) mass is 402 g/mol. The first-order chi connectivity index (χ1) is 14.1. The van der Waals surface area contributed by atoms with Gasteiger partial charge in [-0.15, -0.1) is 0 Å². The fourth-order valence-electron chi connectivity index (χ4n) is 4.60. The number of anilines is 1.